The van der Waals surface area contributed by atoms with Crippen LogP contribution in [0.2, 0.25) is 0 Å². The molecular weight excluding hydrogens is 344 g/mol. The van der Waals surface area contributed by atoms with Crippen LogP contribution in [0.15, 0.2) is 23.1 Å². The van der Waals surface area contributed by atoms with Crippen molar-refractivity contribution in [2.45, 2.75) is 17.2 Å². The van der Waals surface area contributed by atoms with Crippen LogP contribution in [0.5, 0.6) is 11.5 Å². The van der Waals surface area contributed by atoms with Crippen LogP contribution >= 0.6 is 0 Å². The summed E-state index contributed by atoms with van der Waals surface area (Å²) in [7, 11) is -4.53. The number of sulfonamides is 1. The molecule has 0 radical (unpaired) electrons. The Bertz CT molecular complexity index is 625. The summed E-state index contributed by atoms with van der Waals surface area (Å²) in [5.74, 6) is -1.29. The molecular formula is C10H9F6NO4S. The molecule has 0 unspecified atom stereocenters. The zero-order chi connectivity index (χ0) is 17.2. The van der Waals surface area contributed by atoms with E-state index in [-0.39, 0.29) is 0 Å². The predicted octanol–water partition coefficient (Wildman–Crippen LogP) is 2.22. The molecule has 2 N–H and O–H groups in total. The molecule has 0 saturated carbocycles. The van der Waals surface area contributed by atoms with Gasteiger partial charge in [-0.1, -0.05) is 0 Å². The summed E-state index contributed by atoms with van der Waals surface area (Å²) in [6.07, 6.45) is -9.41. The fourth-order valence-electron chi connectivity index (χ4n) is 1.24. The maximum Gasteiger partial charge on any atom is 0.422 e. The number of alkyl halides is 6. The molecule has 1 rings (SSSR count). The summed E-state index contributed by atoms with van der Waals surface area (Å²) in [6.45, 7) is -3.50. The molecule has 1 aromatic rings. The van der Waals surface area contributed by atoms with Gasteiger partial charge in [0.2, 0.25) is 10.0 Å². The van der Waals surface area contributed by atoms with Gasteiger partial charge in [-0.15, -0.1) is 0 Å². The van der Waals surface area contributed by atoms with Crippen molar-refractivity contribution in [3.63, 3.8) is 0 Å². The average Bonchev–Trinajstić information content (AvgIpc) is 2.31. The number of halogens is 6. The zero-order valence-electron chi connectivity index (χ0n) is 10.5. The van der Waals surface area contributed by atoms with Crippen LogP contribution in [-0.2, 0) is 10.0 Å². The summed E-state index contributed by atoms with van der Waals surface area (Å²) >= 11 is 0. The van der Waals surface area contributed by atoms with Gasteiger partial charge in [0, 0.05) is 6.07 Å². The number of primary sulfonamides is 1. The lowest BCUT2D eigenvalue weighted by atomic mass is 10.3. The van der Waals surface area contributed by atoms with E-state index >= 15 is 0 Å². The average molecular weight is 353 g/mol. The van der Waals surface area contributed by atoms with Crippen molar-refractivity contribution in [1.29, 1.82) is 0 Å². The Balaban J connectivity index is 3.04. The Morgan fingerprint density at radius 3 is 1.91 bits per heavy atom. The highest BCUT2D eigenvalue weighted by molar-refractivity contribution is 7.89. The van der Waals surface area contributed by atoms with Gasteiger partial charge in [0.25, 0.3) is 0 Å². The van der Waals surface area contributed by atoms with Crippen molar-refractivity contribution in [1.82, 2.24) is 0 Å². The molecule has 22 heavy (non-hydrogen) atoms. The molecule has 0 aliphatic heterocycles. The monoisotopic (exact) mass is 353 g/mol. The van der Waals surface area contributed by atoms with Gasteiger partial charge in [-0.25, -0.2) is 13.6 Å². The minimum absolute atomic E-state index is 0.541. The third kappa shape index (κ3) is 6.39. The van der Waals surface area contributed by atoms with Crippen LogP contribution in [-0.4, -0.2) is 34.0 Å². The first kappa shape index (κ1) is 18.4. The van der Waals surface area contributed by atoms with Gasteiger partial charge in [0.05, 0.1) is 0 Å². The molecule has 0 fully saturated rings. The molecule has 126 valence electrons. The second-order valence-electron chi connectivity index (χ2n) is 3.96. The van der Waals surface area contributed by atoms with Crippen molar-refractivity contribution >= 4 is 10.0 Å². The van der Waals surface area contributed by atoms with Gasteiger partial charge in [0.1, 0.15) is 16.4 Å². The van der Waals surface area contributed by atoms with E-state index in [0.717, 1.165) is 12.1 Å². The first-order chi connectivity index (χ1) is 9.78. The lowest BCUT2D eigenvalue weighted by molar-refractivity contribution is -0.154. The molecule has 0 spiro atoms. The van der Waals surface area contributed by atoms with E-state index in [9.17, 15) is 34.8 Å². The number of hydrogen-bond donors (Lipinski definition) is 1. The van der Waals surface area contributed by atoms with E-state index in [0.29, 0.717) is 6.07 Å². The lowest BCUT2D eigenvalue weighted by Gasteiger charge is -2.14. The molecule has 1 aromatic carbocycles. The SMILES string of the molecule is NS(=O)(=O)c1cc(OCC(F)(F)F)ccc1OCC(F)(F)F. The topological polar surface area (TPSA) is 78.6 Å². The molecule has 0 saturated heterocycles. The largest absolute Gasteiger partial charge is 0.484 e. The first-order valence-corrected chi connectivity index (χ1v) is 6.88. The maximum absolute atomic E-state index is 12.0. The second kappa shape index (κ2) is 6.20. The molecule has 0 atom stereocenters. The summed E-state index contributed by atoms with van der Waals surface area (Å²) in [5, 5.41) is 4.78. The summed E-state index contributed by atoms with van der Waals surface area (Å²) in [4.78, 5) is -0.920. The Kier molecular flexibility index (Phi) is 5.18. The number of hydrogen-bond acceptors (Lipinski definition) is 4. The number of nitrogens with two attached hydrogens (primary N) is 1. The normalized spacial score (nSPS) is 13.0. The Morgan fingerprint density at radius 2 is 1.45 bits per heavy atom. The van der Waals surface area contributed by atoms with Crippen LogP contribution < -0.4 is 14.6 Å². The highest BCUT2D eigenvalue weighted by Gasteiger charge is 2.31. The number of benzene rings is 1. The molecule has 0 heterocycles. The molecule has 0 aliphatic carbocycles. The zero-order valence-corrected chi connectivity index (χ0v) is 11.3. The minimum Gasteiger partial charge on any atom is -0.484 e. The van der Waals surface area contributed by atoms with Gasteiger partial charge in [-0.2, -0.15) is 26.3 Å². The van der Waals surface area contributed by atoms with Crippen LogP contribution in [0.1, 0.15) is 0 Å². The molecule has 0 bridgehead atoms. The third-order valence-corrected chi connectivity index (χ3v) is 2.95. The summed E-state index contributed by atoms with van der Waals surface area (Å²) in [6, 6.07) is 2.09. The van der Waals surface area contributed by atoms with Crippen molar-refractivity contribution in [3.05, 3.63) is 18.2 Å². The van der Waals surface area contributed by atoms with E-state index in [1.807, 2.05) is 0 Å². The molecule has 5 nitrogen and oxygen atoms in total. The Hall–Kier alpha value is -1.69. The van der Waals surface area contributed by atoms with Crippen molar-refractivity contribution in [3.8, 4) is 11.5 Å². The van der Waals surface area contributed by atoms with Gasteiger partial charge in [0.15, 0.2) is 13.2 Å². The first-order valence-electron chi connectivity index (χ1n) is 5.34. The van der Waals surface area contributed by atoms with E-state index in [2.05, 4.69) is 9.47 Å². The van der Waals surface area contributed by atoms with Gasteiger partial charge in [-0.3, -0.25) is 0 Å². The van der Waals surface area contributed by atoms with E-state index in [4.69, 9.17) is 5.14 Å². The highest BCUT2D eigenvalue weighted by atomic mass is 32.2. The van der Waals surface area contributed by atoms with E-state index < -0.39 is 52.0 Å². The van der Waals surface area contributed by atoms with Crippen molar-refractivity contribution in [2.24, 2.45) is 5.14 Å². The summed E-state index contributed by atoms with van der Waals surface area (Å²) in [5.41, 5.74) is 0. The van der Waals surface area contributed by atoms with Crippen LogP contribution in [0.3, 0.4) is 0 Å². The standard InChI is InChI=1S/C10H9F6NO4S/c11-9(12,13)4-20-6-1-2-7(21-5-10(14,15)16)8(3-6)22(17,18)19/h1-3H,4-5H2,(H2,17,18,19). The van der Waals surface area contributed by atoms with Gasteiger partial charge >= 0.3 is 12.4 Å². The predicted molar refractivity (Wildman–Crippen MR) is 60.9 cm³/mol. The van der Waals surface area contributed by atoms with Crippen LogP contribution in [0, 0.1) is 0 Å². The van der Waals surface area contributed by atoms with Crippen molar-refractivity contribution < 1.29 is 44.2 Å². The maximum atomic E-state index is 12.0. The third-order valence-electron chi connectivity index (χ3n) is 2.02. The quantitative estimate of drug-likeness (QED) is 0.824. The molecule has 12 heteroatoms. The van der Waals surface area contributed by atoms with Crippen LogP contribution in [0.4, 0.5) is 26.3 Å². The Morgan fingerprint density at radius 1 is 0.955 bits per heavy atom. The lowest BCUT2D eigenvalue weighted by Crippen LogP contribution is -2.22. The van der Waals surface area contributed by atoms with E-state index in [1.54, 1.807) is 0 Å². The smallest absolute Gasteiger partial charge is 0.422 e. The summed E-state index contributed by atoms with van der Waals surface area (Å²) < 4.78 is 103. The molecule has 0 amide bonds. The number of rotatable bonds is 5. The number of ether oxygens (including phenoxy) is 2. The highest BCUT2D eigenvalue weighted by Crippen LogP contribution is 2.30. The second-order valence-corrected chi connectivity index (χ2v) is 5.49. The minimum atomic E-state index is -4.74. The van der Waals surface area contributed by atoms with E-state index in [1.165, 1.54) is 0 Å². The fourth-order valence-corrected chi connectivity index (χ4v) is 1.93. The Labute approximate surface area is 120 Å². The molecule has 0 aromatic heterocycles. The van der Waals surface area contributed by atoms with Gasteiger partial charge < -0.3 is 9.47 Å². The fraction of sp³-hybridized carbons (Fsp3) is 0.400. The van der Waals surface area contributed by atoms with Crippen LogP contribution in [0.25, 0.3) is 0 Å². The molecule has 0 aliphatic rings. The van der Waals surface area contributed by atoms with Gasteiger partial charge in [-0.05, 0) is 12.1 Å². The van der Waals surface area contributed by atoms with Crippen molar-refractivity contribution in [2.75, 3.05) is 13.2 Å².